The second-order valence-electron chi connectivity index (χ2n) is 11.0. The van der Waals surface area contributed by atoms with Gasteiger partial charge in [0.25, 0.3) is 11.1 Å². The van der Waals surface area contributed by atoms with Crippen LogP contribution in [0.5, 0.6) is 11.5 Å². The molecule has 0 aliphatic carbocycles. The number of nitrogens with zero attached hydrogens (tertiary/aromatic N) is 2. The highest BCUT2D eigenvalue weighted by molar-refractivity contribution is 5.38. The number of aromatic amines is 2. The zero-order valence-corrected chi connectivity index (χ0v) is 26.9. The Labute approximate surface area is 258 Å². The van der Waals surface area contributed by atoms with Crippen molar-refractivity contribution in [3.8, 4) is 11.5 Å². The van der Waals surface area contributed by atoms with Crippen LogP contribution < -0.4 is 20.6 Å². The number of rotatable bonds is 10. The predicted molar refractivity (Wildman–Crippen MR) is 162 cm³/mol. The Kier molecular flexibility index (Phi) is 11.5. The number of nitrogens with one attached hydrogen (secondary N) is 2. The largest absolute Gasteiger partial charge is 0.497 e. The molecule has 13 heteroatoms. The quantitative estimate of drug-likeness (QED) is 0.196. The molecule has 2 aromatic carbocycles. The van der Waals surface area contributed by atoms with Crippen LogP contribution in [0.2, 0.25) is 0 Å². The van der Waals surface area contributed by atoms with Crippen LogP contribution in [0.4, 0.5) is 17.6 Å². The van der Waals surface area contributed by atoms with Crippen molar-refractivity contribution < 1.29 is 31.8 Å². The van der Waals surface area contributed by atoms with Gasteiger partial charge in [-0.15, -0.1) is 0 Å². The van der Waals surface area contributed by atoms with E-state index in [0.717, 1.165) is 24.3 Å². The number of benzene rings is 2. The van der Waals surface area contributed by atoms with E-state index in [9.17, 15) is 27.2 Å². The summed E-state index contributed by atoms with van der Waals surface area (Å²) in [6.45, 7) is 13.0. The first-order valence-electron chi connectivity index (χ1n) is 14.4. The summed E-state index contributed by atoms with van der Waals surface area (Å²) in [5.41, 5.74) is 0.664. The van der Waals surface area contributed by atoms with Crippen LogP contribution in [0, 0.1) is 37.1 Å². The molecular weight excluding hydrogens is 596 g/mol. The lowest BCUT2D eigenvalue weighted by Gasteiger charge is -2.19. The second-order valence-corrected chi connectivity index (χ2v) is 11.0. The Morgan fingerprint density at radius 1 is 0.689 bits per heavy atom. The Bertz CT molecular complexity index is 1710. The Morgan fingerprint density at radius 3 is 1.53 bits per heavy atom. The van der Waals surface area contributed by atoms with Crippen LogP contribution in [-0.4, -0.2) is 40.4 Å². The first kappa shape index (κ1) is 35.2. The third-order valence-electron chi connectivity index (χ3n) is 7.39. The summed E-state index contributed by atoms with van der Waals surface area (Å²) in [4.78, 5) is 24.3. The average molecular weight is 637 g/mol. The van der Waals surface area contributed by atoms with E-state index in [0.29, 0.717) is 17.0 Å². The van der Waals surface area contributed by atoms with Gasteiger partial charge in [0.15, 0.2) is 0 Å². The third kappa shape index (κ3) is 7.52. The molecule has 0 fully saturated rings. The average Bonchev–Trinajstić information content (AvgIpc) is 3.43. The van der Waals surface area contributed by atoms with Gasteiger partial charge >= 0.3 is 0 Å². The summed E-state index contributed by atoms with van der Waals surface area (Å²) in [6, 6.07) is 4.44. The molecule has 2 N–H and O–H groups in total. The Morgan fingerprint density at radius 2 is 1.13 bits per heavy atom. The second kappa shape index (κ2) is 14.7. The lowest BCUT2D eigenvalue weighted by atomic mass is 10.00. The Balaban J connectivity index is 0.000000248. The van der Waals surface area contributed by atoms with Crippen molar-refractivity contribution in [3.63, 3.8) is 0 Å². The smallest absolute Gasteiger partial charge is 0.270 e. The number of ether oxygens (including phenoxy) is 3. The van der Waals surface area contributed by atoms with Crippen molar-refractivity contribution in [1.82, 2.24) is 19.6 Å². The highest BCUT2D eigenvalue weighted by Crippen LogP contribution is 2.33. The molecule has 0 amide bonds. The number of H-pyrrole nitrogens is 2. The molecule has 0 aliphatic rings. The summed E-state index contributed by atoms with van der Waals surface area (Å²) in [5.74, 6) is -2.90. The van der Waals surface area contributed by atoms with E-state index in [1.54, 1.807) is 30.1 Å². The van der Waals surface area contributed by atoms with Crippen molar-refractivity contribution in [2.24, 2.45) is 0 Å². The predicted octanol–water partition coefficient (Wildman–Crippen LogP) is 6.42. The van der Waals surface area contributed by atoms with Gasteiger partial charge in [-0.25, -0.2) is 17.6 Å². The molecule has 0 aliphatic heterocycles. The molecular formula is C32H40F4N4O5. The molecule has 1 unspecified atom stereocenters. The molecule has 246 valence electrons. The minimum atomic E-state index is -1.13. The maximum Gasteiger partial charge on any atom is 0.270 e. The van der Waals surface area contributed by atoms with E-state index in [-0.39, 0.29) is 58.9 Å². The van der Waals surface area contributed by atoms with E-state index in [1.165, 1.54) is 14.2 Å². The first-order valence-corrected chi connectivity index (χ1v) is 14.4. The fourth-order valence-corrected chi connectivity index (χ4v) is 5.12. The minimum absolute atomic E-state index is 0.000659. The molecule has 4 rings (SSSR count). The summed E-state index contributed by atoms with van der Waals surface area (Å²) < 4.78 is 75.5. The highest BCUT2D eigenvalue weighted by atomic mass is 19.1. The number of hydrogen-bond acceptors (Lipinski definition) is 5. The molecule has 0 saturated carbocycles. The fourth-order valence-electron chi connectivity index (χ4n) is 5.12. The van der Waals surface area contributed by atoms with Gasteiger partial charge in [-0.3, -0.25) is 29.2 Å². The lowest BCUT2D eigenvalue weighted by Crippen LogP contribution is -2.18. The fraction of sp³-hybridized carbons (Fsp3) is 0.438. The highest BCUT2D eigenvalue weighted by Gasteiger charge is 2.30. The first-order chi connectivity index (χ1) is 21.2. The van der Waals surface area contributed by atoms with Crippen molar-refractivity contribution in [1.29, 1.82) is 0 Å². The summed E-state index contributed by atoms with van der Waals surface area (Å²) in [6.07, 6.45) is -1.23. The van der Waals surface area contributed by atoms with Crippen LogP contribution in [0.25, 0.3) is 0 Å². The lowest BCUT2D eigenvalue weighted by molar-refractivity contribution is 0.0846. The van der Waals surface area contributed by atoms with Crippen LogP contribution in [0.3, 0.4) is 0 Å². The van der Waals surface area contributed by atoms with E-state index >= 15 is 0 Å². The monoisotopic (exact) mass is 636 g/mol. The topological polar surface area (TPSA) is 103 Å². The van der Waals surface area contributed by atoms with Crippen molar-refractivity contribution in [2.45, 2.75) is 73.1 Å². The molecule has 2 heterocycles. The van der Waals surface area contributed by atoms with Gasteiger partial charge in [-0.05, 0) is 48.5 Å². The molecule has 0 spiro atoms. The molecule has 1 atom stereocenters. The van der Waals surface area contributed by atoms with Gasteiger partial charge < -0.3 is 14.2 Å². The number of methoxy groups -OCH3 is 2. The standard InChI is InChI=1S/C17H22F2N2O3.C15H18F2N2O2/c1-6-24-16(14-10(4)21(9(2)3)20-17(14)22)15-12(18)7-11(23-5)8-13(15)19;1-8(2)19-9(3)11(15(20)18-19)7-12-13(16)5-10(21-4)6-14(12)17/h7-9,16H,6H2,1-5H3,(H,20,22);5-6,8H,7H2,1-4H3,(H,18,20). The molecule has 0 radical (unpaired) electrons. The van der Waals surface area contributed by atoms with E-state index < -0.39 is 34.9 Å². The van der Waals surface area contributed by atoms with Crippen LogP contribution >= 0.6 is 0 Å². The number of hydrogen-bond donors (Lipinski definition) is 2. The number of aromatic nitrogens is 4. The zero-order valence-electron chi connectivity index (χ0n) is 26.9. The molecule has 9 nitrogen and oxygen atoms in total. The van der Waals surface area contributed by atoms with Crippen molar-refractivity contribution >= 4 is 0 Å². The molecule has 0 bridgehead atoms. The maximum atomic E-state index is 14.5. The number of halogens is 4. The van der Waals surface area contributed by atoms with Gasteiger partial charge in [-0.1, -0.05) is 0 Å². The summed E-state index contributed by atoms with van der Waals surface area (Å²) in [5, 5.41) is 5.38. The molecule has 2 aromatic heterocycles. The molecule has 0 saturated heterocycles. The van der Waals surface area contributed by atoms with Gasteiger partial charge in [-0.2, -0.15) is 0 Å². The minimum Gasteiger partial charge on any atom is -0.497 e. The van der Waals surface area contributed by atoms with E-state index in [2.05, 4.69) is 10.2 Å². The van der Waals surface area contributed by atoms with Crippen molar-refractivity contribution in [3.05, 3.63) is 102 Å². The normalized spacial score (nSPS) is 12.0. The van der Waals surface area contributed by atoms with Crippen LogP contribution in [0.1, 0.15) is 86.4 Å². The zero-order chi connectivity index (χ0) is 33.7. The van der Waals surface area contributed by atoms with Crippen LogP contribution in [0.15, 0.2) is 33.9 Å². The van der Waals surface area contributed by atoms with Crippen molar-refractivity contribution in [2.75, 3.05) is 20.8 Å². The summed E-state index contributed by atoms with van der Waals surface area (Å²) in [7, 11) is 2.66. The summed E-state index contributed by atoms with van der Waals surface area (Å²) >= 11 is 0. The van der Waals surface area contributed by atoms with Gasteiger partial charge in [0.05, 0.1) is 25.3 Å². The molecule has 4 aromatic rings. The SMILES string of the molecule is CCOC(c1c(F)cc(OC)cc1F)c1c(C)n(C(C)C)[nH]c1=O.COc1cc(F)c(Cc2c(C)n(C(C)C)[nH]c2=O)c(F)c1. The van der Waals surface area contributed by atoms with Gasteiger partial charge in [0, 0.05) is 71.9 Å². The van der Waals surface area contributed by atoms with Crippen LogP contribution in [-0.2, 0) is 11.2 Å². The van der Waals surface area contributed by atoms with E-state index in [4.69, 9.17) is 14.2 Å². The maximum absolute atomic E-state index is 14.5. The Hall–Kier alpha value is -4.26. The van der Waals surface area contributed by atoms with E-state index in [1.807, 2.05) is 27.7 Å². The third-order valence-corrected chi connectivity index (χ3v) is 7.39. The van der Waals surface area contributed by atoms with Gasteiger partial charge in [0.1, 0.15) is 40.9 Å². The van der Waals surface area contributed by atoms with Gasteiger partial charge in [0.2, 0.25) is 0 Å². The molecule has 45 heavy (non-hydrogen) atoms.